The quantitative estimate of drug-likeness (QED) is 0.704. The van der Waals surface area contributed by atoms with Gasteiger partial charge in [0.05, 0.1) is 12.8 Å². The van der Waals surface area contributed by atoms with Crippen LogP contribution in [0.3, 0.4) is 0 Å². The lowest BCUT2D eigenvalue weighted by molar-refractivity contribution is 0.172. The Morgan fingerprint density at radius 2 is 2.14 bits per heavy atom. The van der Waals surface area contributed by atoms with Gasteiger partial charge in [0.2, 0.25) is 0 Å². The van der Waals surface area contributed by atoms with Crippen molar-refractivity contribution >= 4 is 28.4 Å². The second-order valence-electron chi connectivity index (χ2n) is 7.59. The minimum absolute atomic E-state index is 0.0960. The van der Waals surface area contributed by atoms with Crippen molar-refractivity contribution in [3.63, 3.8) is 0 Å². The predicted molar refractivity (Wildman–Crippen MR) is 116 cm³/mol. The lowest BCUT2D eigenvalue weighted by atomic mass is 9.92. The molecule has 1 aliphatic heterocycles. The standard InChI is InChI=1S/C22H27N5O2/c1-15-10-13-27(22(28)25-17-6-4-5-7-20(17)29-3)14-19(15)26(2)18-9-12-24-21-16(18)8-11-23-21/h4-9,11-12,15,19H,10,13-14H2,1-3H3,(H,23,24)(H,25,28)/t15-,19?/m1/s1. The maximum atomic E-state index is 12.9. The SMILES string of the molecule is COc1ccccc1NC(=O)N1CC[C@@H](C)C(N(C)c2ccnc3[nH]ccc23)C1. The zero-order valence-corrected chi connectivity index (χ0v) is 17.1. The molecule has 1 unspecified atom stereocenters. The molecule has 2 amide bonds. The molecule has 2 aromatic heterocycles. The Morgan fingerprint density at radius 1 is 1.31 bits per heavy atom. The zero-order valence-electron chi connectivity index (χ0n) is 17.1. The van der Waals surface area contributed by atoms with Gasteiger partial charge in [-0.2, -0.15) is 0 Å². The largest absolute Gasteiger partial charge is 0.495 e. The predicted octanol–water partition coefficient (Wildman–Crippen LogP) is 3.95. The first-order valence-corrected chi connectivity index (χ1v) is 9.92. The summed E-state index contributed by atoms with van der Waals surface area (Å²) in [5, 5.41) is 4.09. The smallest absolute Gasteiger partial charge is 0.322 e. The number of aromatic amines is 1. The van der Waals surface area contributed by atoms with Gasteiger partial charge in [0, 0.05) is 49.6 Å². The van der Waals surface area contributed by atoms with E-state index in [1.165, 1.54) is 0 Å². The number of nitrogens with zero attached hydrogens (tertiary/aromatic N) is 3. The summed E-state index contributed by atoms with van der Waals surface area (Å²) in [6.07, 6.45) is 4.69. The maximum Gasteiger partial charge on any atom is 0.322 e. The molecule has 7 nitrogen and oxygen atoms in total. The van der Waals surface area contributed by atoms with Gasteiger partial charge in [-0.15, -0.1) is 0 Å². The molecule has 3 aromatic rings. The molecule has 4 rings (SSSR count). The Balaban J connectivity index is 1.52. The highest BCUT2D eigenvalue weighted by molar-refractivity contribution is 5.91. The number of pyridine rings is 1. The number of carbonyl (C=O) groups is 1. The fourth-order valence-corrected chi connectivity index (χ4v) is 4.11. The Morgan fingerprint density at radius 3 is 2.97 bits per heavy atom. The highest BCUT2D eigenvalue weighted by Crippen LogP contribution is 2.31. The third-order valence-electron chi connectivity index (χ3n) is 5.87. The van der Waals surface area contributed by atoms with Crippen molar-refractivity contribution < 1.29 is 9.53 Å². The van der Waals surface area contributed by atoms with Gasteiger partial charge < -0.3 is 24.8 Å². The van der Waals surface area contributed by atoms with Gasteiger partial charge in [0.25, 0.3) is 0 Å². The van der Waals surface area contributed by atoms with Crippen LogP contribution in [0, 0.1) is 5.92 Å². The Labute approximate surface area is 170 Å². The minimum atomic E-state index is -0.0960. The van der Waals surface area contributed by atoms with Crippen LogP contribution in [0.15, 0.2) is 48.8 Å². The summed E-state index contributed by atoms with van der Waals surface area (Å²) in [5.41, 5.74) is 2.69. The van der Waals surface area contributed by atoms with Crippen molar-refractivity contribution in [3.05, 3.63) is 48.8 Å². The number of hydrogen-bond donors (Lipinski definition) is 2. The Hall–Kier alpha value is -3.22. The lowest BCUT2D eigenvalue weighted by Gasteiger charge is -2.42. The van der Waals surface area contributed by atoms with Crippen molar-refractivity contribution in [2.24, 2.45) is 5.92 Å². The number of H-pyrrole nitrogens is 1. The van der Waals surface area contributed by atoms with E-state index in [9.17, 15) is 4.79 Å². The lowest BCUT2D eigenvalue weighted by Crippen LogP contribution is -2.53. The number of likely N-dealkylation sites (tertiary alicyclic amines) is 1. The van der Waals surface area contributed by atoms with Crippen molar-refractivity contribution in [3.8, 4) is 5.75 Å². The molecule has 0 aliphatic carbocycles. The molecule has 7 heteroatoms. The Kier molecular flexibility index (Phi) is 5.29. The van der Waals surface area contributed by atoms with E-state index in [1.807, 2.05) is 53.7 Å². The summed E-state index contributed by atoms with van der Waals surface area (Å²) in [6, 6.07) is 11.7. The first-order valence-electron chi connectivity index (χ1n) is 9.92. The molecule has 1 fully saturated rings. The number of amides is 2. The molecule has 0 bridgehead atoms. The highest BCUT2D eigenvalue weighted by atomic mass is 16.5. The summed E-state index contributed by atoms with van der Waals surface area (Å²) in [6.45, 7) is 3.65. The zero-order chi connectivity index (χ0) is 20.4. The van der Waals surface area contributed by atoms with Crippen LogP contribution in [0.4, 0.5) is 16.2 Å². The number of methoxy groups -OCH3 is 1. The second-order valence-corrected chi connectivity index (χ2v) is 7.59. The molecule has 1 aromatic carbocycles. The van der Waals surface area contributed by atoms with Crippen LogP contribution in [-0.4, -0.2) is 54.2 Å². The topological polar surface area (TPSA) is 73.5 Å². The molecule has 1 saturated heterocycles. The number of likely N-dealkylation sites (N-methyl/N-ethyl adjacent to an activating group) is 1. The average Bonchev–Trinajstić information content (AvgIpc) is 3.23. The molecule has 1 aliphatic rings. The maximum absolute atomic E-state index is 12.9. The van der Waals surface area contributed by atoms with E-state index < -0.39 is 0 Å². The van der Waals surface area contributed by atoms with Crippen LogP contribution in [0.25, 0.3) is 11.0 Å². The van der Waals surface area contributed by atoms with Gasteiger partial charge in [-0.3, -0.25) is 0 Å². The van der Waals surface area contributed by atoms with E-state index in [0.717, 1.165) is 29.7 Å². The third-order valence-corrected chi connectivity index (χ3v) is 5.87. The number of nitrogens with one attached hydrogen (secondary N) is 2. The number of urea groups is 1. The van der Waals surface area contributed by atoms with Crippen molar-refractivity contribution in [2.45, 2.75) is 19.4 Å². The number of ether oxygens (including phenoxy) is 1. The number of aromatic nitrogens is 2. The minimum Gasteiger partial charge on any atom is -0.495 e. The molecule has 152 valence electrons. The summed E-state index contributed by atoms with van der Waals surface area (Å²) in [7, 11) is 3.71. The van der Waals surface area contributed by atoms with Crippen LogP contribution in [0.2, 0.25) is 0 Å². The number of fused-ring (bicyclic) bond motifs is 1. The number of para-hydroxylation sites is 2. The van der Waals surface area contributed by atoms with Crippen LogP contribution in [0.5, 0.6) is 5.75 Å². The van der Waals surface area contributed by atoms with E-state index in [2.05, 4.69) is 34.2 Å². The van der Waals surface area contributed by atoms with Gasteiger partial charge in [0.15, 0.2) is 0 Å². The fraction of sp³-hybridized carbons (Fsp3) is 0.364. The summed E-state index contributed by atoms with van der Waals surface area (Å²) >= 11 is 0. The van der Waals surface area contributed by atoms with Gasteiger partial charge in [-0.05, 0) is 36.6 Å². The third kappa shape index (κ3) is 3.72. The molecule has 29 heavy (non-hydrogen) atoms. The summed E-state index contributed by atoms with van der Waals surface area (Å²) in [4.78, 5) is 24.7. The number of rotatable bonds is 4. The summed E-state index contributed by atoms with van der Waals surface area (Å²) < 4.78 is 5.35. The highest BCUT2D eigenvalue weighted by Gasteiger charge is 2.32. The van der Waals surface area contributed by atoms with E-state index >= 15 is 0 Å². The molecule has 0 saturated carbocycles. The normalized spacial score (nSPS) is 19.2. The fourth-order valence-electron chi connectivity index (χ4n) is 4.11. The second kappa shape index (κ2) is 8.03. The van der Waals surface area contributed by atoms with Crippen LogP contribution in [0.1, 0.15) is 13.3 Å². The number of hydrogen-bond acceptors (Lipinski definition) is 4. The van der Waals surface area contributed by atoms with Gasteiger partial charge in [-0.1, -0.05) is 19.1 Å². The monoisotopic (exact) mass is 393 g/mol. The van der Waals surface area contributed by atoms with Crippen molar-refractivity contribution in [1.82, 2.24) is 14.9 Å². The number of piperidine rings is 1. The van der Waals surface area contributed by atoms with E-state index in [-0.39, 0.29) is 12.1 Å². The van der Waals surface area contributed by atoms with Crippen LogP contribution >= 0.6 is 0 Å². The number of carbonyl (C=O) groups excluding carboxylic acids is 1. The van der Waals surface area contributed by atoms with Gasteiger partial charge in [0.1, 0.15) is 11.4 Å². The van der Waals surface area contributed by atoms with E-state index in [4.69, 9.17) is 4.74 Å². The van der Waals surface area contributed by atoms with Crippen LogP contribution < -0.4 is 15.0 Å². The molecular weight excluding hydrogens is 366 g/mol. The van der Waals surface area contributed by atoms with Crippen molar-refractivity contribution in [1.29, 1.82) is 0 Å². The first kappa shape index (κ1) is 19.1. The number of anilines is 2. The Bertz CT molecular complexity index is 1000. The van der Waals surface area contributed by atoms with E-state index in [1.54, 1.807) is 7.11 Å². The average molecular weight is 393 g/mol. The molecule has 3 heterocycles. The van der Waals surface area contributed by atoms with Gasteiger partial charge in [-0.25, -0.2) is 9.78 Å². The van der Waals surface area contributed by atoms with E-state index in [0.29, 0.717) is 23.9 Å². The summed E-state index contributed by atoms with van der Waals surface area (Å²) in [5.74, 6) is 1.13. The van der Waals surface area contributed by atoms with Crippen molar-refractivity contribution in [2.75, 3.05) is 37.5 Å². The molecule has 0 radical (unpaired) electrons. The first-order chi connectivity index (χ1) is 14.1. The molecule has 0 spiro atoms. The van der Waals surface area contributed by atoms with Gasteiger partial charge >= 0.3 is 6.03 Å². The molecule has 2 N–H and O–H groups in total. The molecular formula is C22H27N5O2. The molecule has 2 atom stereocenters. The number of benzene rings is 1. The van der Waals surface area contributed by atoms with Crippen LogP contribution in [-0.2, 0) is 0 Å².